The van der Waals surface area contributed by atoms with Crippen LogP contribution in [-0.4, -0.2) is 0 Å². The minimum Gasteiger partial charge on any atom is -0.143 e. The number of hydrogen-bond acceptors (Lipinski definition) is 2. The molecule has 0 aliphatic heterocycles. The van der Waals surface area contributed by atoms with Crippen molar-refractivity contribution in [2.75, 3.05) is 0 Å². The Kier molecular flexibility index (Phi) is 3.29. The van der Waals surface area contributed by atoms with Crippen LogP contribution in [0.4, 0.5) is 0 Å². The Morgan fingerprint density at radius 2 is 1.67 bits per heavy atom. The van der Waals surface area contributed by atoms with Crippen molar-refractivity contribution in [1.29, 1.82) is 0 Å². The summed E-state index contributed by atoms with van der Waals surface area (Å²) in [6, 6.07) is 13.7. The molecular formula is C12H9ClS2. The van der Waals surface area contributed by atoms with Gasteiger partial charge in [-0.05, 0) is 23.8 Å². The predicted molar refractivity (Wildman–Crippen MR) is 71.4 cm³/mol. The molecule has 76 valence electrons. The van der Waals surface area contributed by atoms with Crippen LogP contribution in [0.5, 0.6) is 0 Å². The van der Waals surface area contributed by atoms with Crippen LogP contribution in [0.1, 0.15) is 0 Å². The summed E-state index contributed by atoms with van der Waals surface area (Å²) in [5.74, 6) is 0. The van der Waals surface area contributed by atoms with Gasteiger partial charge < -0.3 is 0 Å². The Labute approximate surface area is 105 Å². The summed E-state index contributed by atoms with van der Waals surface area (Å²) >= 11 is 14.8. The van der Waals surface area contributed by atoms with E-state index in [2.05, 4.69) is 25.3 Å². The third-order valence-electron chi connectivity index (χ3n) is 2.14. The lowest BCUT2D eigenvalue weighted by Gasteiger charge is -2.06. The maximum atomic E-state index is 6.18. The summed E-state index contributed by atoms with van der Waals surface area (Å²) in [6.07, 6.45) is 0. The van der Waals surface area contributed by atoms with Crippen LogP contribution in [-0.2, 0) is 0 Å². The molecule has 0 fully saturated rings. The average Bonchev–Trinajstić information content (AvgIpc) is 2.22. The highest BCUT2D eigenvalue weighted by Gasteiger charge is 2.05. The van der Waals surface area contributed by atoms with Crippen molar-refractivity contribution in [2.24, 2.45) is 0 Å². The normalized spacial score (nSPS) is 10.3. The maximum absolute atomic E-state index is 6.18. The number of hydrogen-bond donors (Lipinski definition) is 2. The summed E-state index contributed by atoms with van der Waals surface area (Å²) in [4.78, 5) is 1.71. The van der Waals surface area contributed by atoms with E-state index in [0.29, 0.717) is 5.02 Å². The minimum absolute atomic E-state index is 0.680. The van der Waals surface area contributed by atoms with E-state index < -0.39 is 0 Å². The highest BCUT2D eigenvalue weighted by Crippen LogP contribution is 2.33. The van der Waals surface area contributed by atoms with E-state index >= 15 is 0 Å². The van der Waals surface area contributed by atoms with Gasteiger partial charge in [-0.15, -0.1) is 25.3 Å². The Morgan fingerprint density at radius 1 is 0.933 bits per heavy atom. The van der Waals surface area contributed by atoms with E-state index in [9.17, 15) is 0 Å². The lowest BCUT2D eigenvalue weighted by atomic mass is 10.1. The van der Waals surface area contributed by atoms with Crippen molar-refractivity contribution >= 4 is 36.9 Å². The van der Waals surface area contributed by atoms with Crippen LogP contribution >= 0.6 is 36.9 Å². The van der Waals surface area contributed by atoms with E-state index in [-0.39, 0.29) is 0 Å². The predicted octanol–water partition coefficient (Wildman–Crippen LogP) is 4.58. The molecule has 0 saturated carbocycles. The van der Waals surface area contributed by atoms with Gasteiger partial charge >= 0.3 is 0 Å². The van der Waals surface area contributed by atoms with E-state index in [1.165, 1.54) is 0 Å². The SMILES string of the molecule is Sc1cccc(-c2cccc(S)c2Cl)c1. The molecule has 0 bridgehead atoms. The average molecular weight is 253 g/mol. The molecule has 2 aromatic carbocycles. The first-order chi connectivity index (χ1) is 7.18. The first kappa shape index (κ1) is 10.9. The van der Waals surface area contributed by atoms with Crippen LogP contribution < -0.4 is 0 Å². The fraction of sp³-hybridized carbons (Fsp3) is 0. The van der Waals surface area contributed by atoms with Gasteiger partial charge in [-0.2, -0.15) is 0 Å². The molecule has 0 heterocycles. The van der Waals surface area contributed by atoms with E-state index in [4.69, 9.17) is 11.6 Å². The molecule has 0 amide bonds. The molecule has 0 nitrogen and oxygen atoms in total. The second-order valence-corrected chi connectivity index (χ2v) is 4.57. The van der Waals surface area contributed by atoms with Crippen molar-refractivity contribution < 1.29 is 0 Å². The molecule has 0 aromatic heterocycles. The van der Waals surface area contributed by atoms with Crippen LogP contribution in [0, 0.1) is 0 Å². The molecule has 15 heavy (non-hydrogen) atoms. The second kappa shape index (κ2) is 4.52. The van der Waals surface area contributed by atoms with Crippen LogP contribution in [0.25, 0.3) is 11.1 Å². The van der Waals surface area contributed by atoms with Gasteiger partial charge in [-0.3, -0.25) is 0 Å². The standard InChI is InChI=1S/C12H9ClS2/c13-12-10(5-2-6-11(12)15)8-3-1-4-9(14)7-8/h1-7,14-15H. The molecule has 0 saturated heterocycles. The van der Waals surface area contributed by atoms with Gasteiger partial charge in [0.25, 0.3) is 0 Å². The fourth-order valence-electron chi connectivity index (χ4n) is 1.42. The summed E-state index contributed by atoms with van der Waals surface area (Å²) < 4.78 is 0. The molecular weight excluding hydrogens is 244 g/mol. The van der Waals surface area contributed by atoms with Crippen molar-refractivity contribution in [1.82, 2.24) is 0 Å². The van der Waals surface area contributed by atoms with Crippen molar-refractivity contribution in [3.63, 3.8) is 0 Å². The van der Waals surface area contributed by atoms with Gasteiger partial charge in [0.15, 0.2) is 0 Å². The third-order valence-corrected chi connectivity index (χ3v) is 3.33. The Hall–Kier alpha value is -0.570. The largest absolute Gasteiger partial charge is 0.143 e. The van der Waals surface area contributed by atoms with Crippen molar-refractivity contribution in [2.45, 2.75) is 9.79 Å². The van der Waals surface area contributed by atoms with Crippen LogP contribution in [0.15, 0.2) is 52.3 Å². The Morgan fingerprint density at radius 3 is 2.40 bits per heavy atom. The molecule has 0 unspecified atom stereocenters. The molecule has 2 rings (SSSR count). The number of thiol groups is 2. The monoisotopic (exact) mass is 252 g/mol. The quantitative estimate of drug-likeness (QED) is 0.682. The number of rotatable bonds is 1. The van der Waals surface area contributed by atoms with Gasteiger partial charge in [-0.1, -0.05) is 35.9 Å². The molecule has 0 aliphatic rings. The van der Waals surface area contributed by atoms with Gasteiger partial charge in [0.1, 0.15) is 0 Å². The summed E-state index contributed by atoms with van der Waals surface area (Å²) in [7, 11) is 0. The first-order valence-electron chi connectivity index (χ1n) is 4.45. The van der Waals surface area contributed by atoms with Crippen LogP contribution in [0.2, 0.25) is 5.02 Å². The maximum Gasteiger partial charge on any atom is 0.0617 e. The summed E-state index contributed by atoms with van der Waals surface area (Å²) in [5, 5.41) is 0.680. The zero-order valence-corrected chi connectivity index (χ0v) is 10.4. The second-order valence-electron chi connectivity index (χ2n) is 3.19. The van der Waals surface area contributed by atoms with Gasteiger partial charge in [0.2, 0.25) is 0 Å². The molecule has 0 spiro atoms. The molecule has 0 aliphatic carbocycles. The number of halogens is 1. The minimum atomic E-state index is 0.680. The Balaban J connectivity index is 2.59. The number of benzene rings is 2. The molecule has 0 N–H and O–H groups in total. The van der Waals surface area contributed by atoms with Gasteiger partial charge in [0, 0.05) is 15.4 Å². The zero-order valence-electron chi connectivity index (χ0n) is 7.81. The molecule has 2 aromatic rings. The topological polar surface area (TPSA) is 0 Å². The van der Waals surface area contributed by atoms with E-state index in [1.54, 1.807) is 0 Å². The van der Waals surface area contributed by atoms with E-state index in [0.717, 1.165) is 20.9 Å². The Bertz CT molecular complexity index is 495. The molecule has 3 heteroatoms. The lowest BCUT2D eigenvalue weighted by molar-refractivity contribution is 1.43. The van der Waals surface area contributed by atoms with Crippen molar-refractivity contribution in [3.8, 4) is 11.1 Å². The fourth-order valence-corrected chi connectivity index (χ4v) is 2.08. The van der Waals surface area contributed by atoms with Crippen LogP contribution in [0.3, 0.4) is 0 Å². The molecule has 0 radical (unpaired) electrons. The zero-order chi connectivity index (χ0) is 10.8. The molecule has 0 atom stereocenters. The van der Waals surface area contributed by atoms with Gasteiger partial charge in [-0.25, -0.2) is 0 Å². The third kappa shape index (κ3) is 2.33. The lowest BCUT2D eigenvalue weighted by Crippen LogP contribution is -1.80. The smallest absolute Gasteiger partial charge is 0.0617 e. The summed E-state index contributed by atoms with van der Waals surface area (Å²) in [5.41, 5.74) is 2.04. The highest BCUT2D eigenvalue weighted by atomic mass is 35.5. The highest BCUT2D eigenvalue weighted by molar-refractivity contribution is 7.80. The first-order valence-corrected chi connectivity index (χ1v) is 5.72. The van der Waals surface area contributed by atoms with E-state index in [1.807, 2.05) is 42.5 Å². The summed E-state index contributed by atoms with van der Waals surface area (Å²) in [6.45, 7) is 0. The van der Waals surface area contributed by atoms with Crippen molar-refractivity contribution in [3.05, 3.63) is 47.5 Å². The van der Waals surface area contributed by atoms with Gasteiger partial charge in [0.05, 0.1) is 5.02 Å².